The smallest absolute Gasteiger partial charge is 0.253 e. The van der Waals surface area contributed by atoms with Gasteiger partial charge in [-0.2, -0.15) is 0 Å². The molecular weight excluding hydrogens is 266 g/mol. The molecule has 1 amide bonds. The highest BCUT2D eigenvalue weighted by molar-refractivity contribution is 5.95. The van der Waals surface area contributed by atoms with Gasteiger partial charge in [0, 0.05) is 18.7 Å². The number of piperidine rings is 1. The van der Waals surface area contributed by atoms with Crippen molar-refractivity contribution < 1.29 is 14.6 Å². The number of aliphatic hydroxyl groups excluding tert-OH is 1. The summed E-state index contributed by atoms with van der Waals surface area (Å²) >= 11 is 0. The van der Waals surface area contributed by atoms with Crippen molar-refractivity contribution in [1.82, 2.24) is 4.90 Å². The lowest BCUT2D eigenvalue weighted by molar-refractivity contribution is 0.0697. The zero-order chi connectivity index (χ0) is 15.2. The number of rotatable bonds is 2. The lowest BCUT2D eigenvalue weighted by Gasteiger charge is -2.30. The van der Waals surface area contributed by atoms with E-state index in [1.165, 1.54) is 0 Å². The standard InChI is InChI=1S/C17H21NO3/c1-13-7-9-18(10-8-13)17(20)15-5-6-16(21-2)14(12-15)4-3-11-19/h5-6,12-13,19H,7-11H2,1-2H3. The second kappa shape index (κ2) is 7.14. The number of ether oxygens (including phenoxy) is 1. The average molecular weight is 287 g/mol. The van der Waals surface area contributed by atoms with Crippen LogP contribution in [0.15, 0.2) is 18.2 Å². The van der Waals surface area contributed by atoms with Crippen molar-refractivity contribution in [2.45, 2.75) is 19.8 Å². The summed E-state index contributed by atoms with van der Waals surface area (Å²) in [6, 6.07) is 5.26. The molecule has 4 nitrogen and oxygen atoms in total. The van der Waals surface area contributed by atoms with Crippen molar-refractivity contribution in [2.24, 2.45) is 5.92 Å². The third kappa shape index (κ3) is 3.77. The molecule has 0 unspecified atom stereocenters. The monoisotopic (exact) mass is 287 g/mol. The third-order valence-electron chi connectivity index (χ3n) is 3.82. The molecule has 0 aromatic heterocycles. The number of nitrogens with zero attached hydrogens (tertiary/aromatic N) is 1. The molecule has 0 aliphatic carbocycles. The normalized spacial score (nSPS) is 15.3. The number of benzene rings is 1. The third-order valence-corrected chi connectivity index (χ3v) is 3.82. The number of aliphatic hydroxyl groups is 1. The maximum atomic E-state index is 12.5. The molecule has 0 spiro atoms. The highest BCUT2D eigenvalue weighted by Gasteiger charge is 2.21. The largest absolute Gasteiger partial charge is 0.495 e. The molecule has 112 valence electrons. The van der Waals surface area contributed by atoms with E-state index in [0.717, 1.165) is 25.9 Å². The molecule has 1 aromatic carbocycles. The summed E-state index contributed by atoms with van der Waals surface area (Å²) in [5.41, 5.74) is 1.25. The number of carbonyl (C=O) groups excluding carboxylic acids is 1. The molecule has 1 fully saturated rings. The summed E-state index contributed by atoms with van der Waals surface area (Å²) in [5, 5.41) is 8.81. The molecule has 0 atom stereocenters. The fourth-order valence-corrected chi connectivity index (χ4v) is 2.47. The Morgan fingerprint density at radius 1 is 1.43 bits per heavy atom. The molecule has 4 heteroatoms. The summed E-state index contributed by atoms with van der Waals surface area (Å²) in [5.74, 6) is 6.75. The van der Waals surface area contributed by atoms with Gasteiger partial charge < -0.3 is 14.7 Å². The maximum absolute atomic E-state index is 12.5. The van der Waals surface area contributed by atoms with Crippen molar-refractivity contribution in [3.63, 3.8) is 0 Å². The summed E-state index contributed by atoms with van der Waals surface area (Å²) in [6.07, 6.45) is 2.11. The van der Waals surface area contributed by atoms with Gasteiger partial charge in [0.15, 0.2) is 0 Å². The van der Waals surface area contributed by atoms with Crippen molar-refractivity contribution in [3.05, 3.63) is 29.3 Å². The average Bonchev–Trinajstić information content (AvgIpc) is 2.52. The van der Waals surface area contributed by atoms with E-state index in [2.05, 4.69) is 18.8 Å². The van der Waals surface area contributed by atoms with E-state index >= 15 is 0 Å². The highest BCUT2D eigenvalue weighted by atomic mass is 16.5. The van der Waals surface area contributed by atoms with Gasteiger partial charge in [-0.25, -0.2) is 0 Å². The summed E-state index contributed by atoms with van der Waals surface area (Å²) in [4.78, 5) is 14.4. The van der Waals surface area contributed by atoms with Crippen molar-refractivity contribution >= 4 is 5.91 Å². The van der Waals surface area contributed by atoms with Crippen LogP contribution in [0.1, 0.15) is 35.7 Å². The molecule has 1 aromatic rings. The van der Waals surface area contributed by atoms with Gasteiger partial charge in [0.05, 0.1) is 12.7 Å². The summed E-state index contributed by atoms with van der Waals surface area (Å²) in [7, 11) is 1.56. The first-order valence-electron chi connectivity index (χ1n) is 7.22. The Bertz CT molecular complexity index is 563. The second-order valence-electron chi connectivity index (χ2n) is 5.35. The molecule has 1 heterocycles. The van der Waals surface area contributed by atoms with Crippen LogP contribution in [0.5, 0.6) is 5.75 Å². The Morgan fingerprint density at radius 2 is 2.14 bits per heavy atom. The molecule has 1 saturated heterocycles. The first kappa shape index (κ1) is 15.4. The molecule has 1 N–H and O–H groups in total. The number of methoxy groups -OCH3 is 1. The molecular formula is C17H21NO3. The molecule has 2 rings (SSSR count). The lowest BCUT2D eigenvalue weighted by Crippen LogP contribution is -2.37. The van der Waals surface area contributed by atoms with Gasteiger partial charge in [0.25, 0.3) is 5.91 Å². The molecule has 0 bridgehead atoms. The van der Waals surface area contributed by atoms with E-state index in [1.54, 1.807) is 25.3 Å². The predicted molar refractivity (Wildman–Crippen MR) is 81.3 cm³/mol. The zero-order valence-corrected chi connectivity index (χ0v) is 12.6. The van der Waals surface area contributed by atoms with Gasteiger partial charge >= 0.3 is 0 Å². The number of carbonyl (C=O) groups is 1. The van der Waals surface area contributed by atoms with Crippen LogP contribution in [0.2, 0.25) is 0 Å². The fourth-order valence-electron chi connectivity index (χ4n) is 2.47. The van der Waals surface area contributed by atoms with E-state index in [-0.39, 0.29) is 12.5 Å². The SMILES string of the molecule is COc1ccc(C(=O)N2CCC(C)CC2)cc1C#CCO. The Labute approximate surface area is 125 Å². The molecule has 21 heavy (non-hydrogen) atoms. The Balaban J connectivity index is 2.21. The Kier molecular flexibility index (Phi) is 5.24. The van der Waals surface area contributed by atoms with Gasteiger partial charge in [0.1, 0.15) is 12.4 Å². The van der Waals surface area contributed by atoms with E-state index in [4.69, 9.17) is 9.84 Å². The van der Waals surface area contributed by atoms with Crippen LogP contribution < -0.4 is 4.74 Å². The van der Waals surface area contributed by atoms with E-state index in [0.29, 0.717) is 22.8 Å². The minimum Gasteiger partial charge on any atom is -0.495 e. The number of hydrogen-bond donors (Lipinski definition) is 1. The van der Waals surface area contributed by atoms with Crippen molar-refractivity contribution in [3.8, 4) is 17.6 Å². The minimum absolute atomic E-state index is 0.0385. The minimum atomic E-state index is -0.217. The van der Waals surface area contributed by atoms with E-state index < -0.39 is 0 Å². The summed E-state index contributed by atoms with van der Waals surface area (Å²) in [6.45, 7) is 3.62. The fraction of sp³-hybridized carbons (Fsp3) is 0.471. The predicted octanol–water partition coefficient (Wildman–Crippen LogP) is 1.91. The molecule has 0 radical (unpaired) electrons. The van der Waals surface area contributed by atoms with Gasteiger partial charge in [-0.3, -0.25) is 4.79 Å². The first-order valence-corrected chi connectivity index (χ1v) is 7.22. The van der Waals surface area contributed by atoms with Crippen LogP contribution in [0, 0.1) is 17.8 Å². The topological polar surface area (TPSA) is 49.8 Å². The number of amides is 1. The van der Waals surface area contributed by atoms with Crippen LogP contribution in [0.4, 0.5) is 0 Å². The zero-order valence-electron chi connectivity index (χ0n) is 12.6. The lowest BCUT2D eigenvalue weighted by atomic mass is 9.98. The Hall–Kier alpha value is -1.99. The number of likely N-dealkylation sites (tertiary alicyclic amines) is 1. The van der Waals surface area contributed by atoms with Gasteiger partial charge in [-0.15, -0.1) is 0 Å². The highest BCUT2D eigenvalue weighted by Crippen LogP contribution is 2.22. The van der Waals surface area contributed by atoms with Crippen molar-refractivity contribution in [1.29, 1.82) is 0 Å². The van der Waals surface area contributed by atoms with Crippen LogP contribution in [0.3, 0.4) is 0 Å². The molecule has 0 saturated carbocycles. The van der Waals surface area contributed by atoms with Gasteiger partial charge in [-0.05, 0) is 37.0 Å². The maximum Gasteiger partial charge on any atom is 0.253 e. The summed E-state index contributed by atoms with van der Waals surface area (Å²) < 4.78 is 5.23. The van der Waals surface area contributed by atoms with Crippen LogP contribution in [-0.2, 0) is 0 Å². The van der Waals surface area contributed by atoms with Crippen molar-refractivity contribution in [2.75, 3.05) is 26.8 Å². The van der Waals surface area contributed by atoms with Gasteiger partial charge in [0.2, 0.25) is 0 Å². The Morgan fingerprint density at radius 3 is 2.76 bits per heavy atom. The van der Waals surface area contributed by atoms with Crippen LogP contribution in [-0.4, -0.2) is 42.7 Å². The quantitative estimate of drug-likeness (QED) is 0.845. The number of hydrogen-bond acceptors (Lipinski definition) is 3. The van der Waals surface area contributed by atoms with Gasteiger partial charge in [-0.1, -0.05) is 18.8 Å². The second-order valence-corrected chi connectivity index (χ2v) is 5.35. The first-order chi connectivity index (χ1) is 10.2. The van der Waals surface area contributed by atoms with Crippen LogP contribution >= 0.6 is 0 Å². The van der Waals surface area contributed by atoms with E-state index in [1.807, 2.05) is 4.90 Å². The molecule has 1 aliphatic heterocycles. The molecule has 1 aliphatic rings. The van der Waals surface area contributed by atoms with E-state index in [9.17, 15) is 4.79 Å². The van der Waals surface area contributed by atoms with Crippen LogP contribution in [0.25, 0.3) is 0 Å².